The molecule has 2 aromatic heterocycles. The highest BCUT2D eigenvalue weighted by Gasteiger charge is 2.30. The Bertz CT molecular complexity index is 613. The molecule has 0 radical (unpaired) electrons. The van der Waals surface area contributed by atoms with Crippen LogP contribution in [0.1, 0.15) is 43.3 Å². The minimum Gasteiger partial charge on any atom is -0.377 e. The lowest BCUT2D eigenvalue weighted by atomic mass is 10.2. The third kappa shape index (κ3) is 2.87. The van der Waals surface area contributed by atoms with Gasteiger partial charge in [-0.05, 0) is 13.0 Å². The number of hydrogen-bond donors (Lipinski definition) is 0. The van der Waals surface area contributed by atoms with Gasteiger partial charge >= 0.3 is 0 Å². The van der Waals surface area contributed by atoms with Gasteiger partial charge in [0, 0.05) is 18.7 Å². The molecule has 0 N–H and O–H groups in total. The zero-order valence-electron chi connectivity index (χ0n) is 12.5. The fourth-order valence-corrected chi connectivity index (χ4v) is 2.33. The van der Waals surface area contributed by atoms with Gasteiger partial charge in [-0.3, -0.25) is 0 Å². The van der Waals surface area contributed by atoms with Crippen LogP contribution < -0.4 is 4.90 Å². The van der Waals surface area contributed by atoms with Crippen molar-refractivity contribution in [3.05, 3.63) is 29.8 Å². The van der Waals surface area contributed by atoms with E-state index in [0.717, 1.165) is 18.2 Å². The van der Waals surface area contributed by atoms with Crippen molar-refractivity contribution < 1.29 is 9.26 Å². The summed E-state index contributed by atoms with van der Waals surface area (Å²) in [7, 11) is 0. The van der Waals surface area contributed by atoms with Gasteiger partial charge in [0.15, 0.2) is 5.82 Å². The highest BCUT2D eigenvalue weighted by Crippen LogP contribution is 2.28. The molecule has 2 aromatic rings. The Morgan fingerprint density at radius 3 is 2.90 bits per heavy atom. The van der Waals surface area contributed by atoms with Crippen molar-refractivity contribution in [1.29, 1.82) is 0 Å². The van der Waals surface area contributed by atoms with Gasteiger partial charge in [0.1, 0.15) is 17.7 Å². The second-order valence-corrected chi connectivity index (χ2v) is 5.39. The van der Waals surface area contributed by atoms with E-state index in [9.17, 15) is 0 Å². The molecule has 0 saturated carbocycles. The normalized spacial score (nSPS) is 19.2. The molecule has 1 atom stereocenters. The van der Waals surface area contributed by atoms with Crippen LogP contribution in [0.25, 0.3) is 0 Å². The fourth-order valence-electron chi connectivity index (χ4n) is 2.33. The Labute approximate surface area is 123 Å². The molecule has 0 spiro atoms. The third-order valence-electron chi connectivity index (χ3n) is 3.43. The summed E-state index contributed by atoms with van der Waals surface area (Å²) in [5.74, 6) is 3.19. The van der Waals surface area contributed by atoms with Crippen LogP contribution in [0.15, 0.2) is 16.8 Å². The van der Waals surface area contributed by atoms with E-state index in [0.29, 0.717) is 24.9 Å². The largest absolute Gasteiger partial charge is 0.377 e. The Balaban J connectivity index is 1.92. The van der Waals surface area contributed by atoms with Crippen molar-refractivity contribution >= 4 is 5.82 Å². The molecule has 0 aliphatic carbocycles. The van der Waals surface area contributed by atoms with Crippen LogP contribution >= 0.6 is 0 Å². The summed E-state index contributed by atoms with van der Waals surface area (Å²) in [4.78, 5) is 15.4. The van der Waals surface area contributed by atoms with Gasteiger partial charge in [-0.1, -0.05) is 19.0 Å². The van der Waals surface area contributed by atoms with Gasteiger partial charge < -0.3 is 14.2 Å². The first-order valence-electron chi connectivity index (χ1n) is 7.12. The van der Waals surface area contributed by atoms with Gasteiger partial charge in [0.25, 0.3) is 5.89 Å². The van der Waals surface area contributed by atoms with Crippen LogP contribution in [0.5, 0.6) is 0 Å². The standard InChI is InChI=1S/C14H19N5O2/c1-9(2)13-15-5-4-12(17-13)19-6-7-20-8-11(19)14-16-10(3)18-21-14/h4-5,9,11H,6-8H2,1-3H3/t11-/m0/s1. The summed E-state index contributed by atoms with van der Waals surface area (Å²) in [5.41, 5.74) is 0. The molecule has 1 aliphatic heterocycles. The number of aryl methyl sites for hydroxylation is 1. The molecule has 7 heteroatoms. The predicted molar refractivity (Wildman–Crippen MR) is 76.1 cm³/mol. The average molecular weight is 289 g/mol. The maximum absolute atomic E-state index is 5.56. The molecule has 1 saturated heterocycles. The molecule has 21 heavy (non-hydrogen) atoms. The Hall–Kier alpha value is -2.02. The SMILES string of the molecule is Cc1noc([C@@H]2COCCN2c2ccnc(C(C)C)n2)n1. The van der Waals surface area contributed by atoms with Gasteiger partial charge in [-0.25, -0.2) is 9.97 Å². The summed E-state index contributed by atoms with van der Waals surface area (Å²) in [6.45, 7) is 7.88. The molecule has 112 valence electrons. The van der Waals surface area contributed by atoms with Crippen molar-refractivity contribution in [1.82, 2.24) is 20.1 Å². The Morgan fingerprint density at radius 1 is 1.33 bits per heavy atom. The minimum absolute atomic E-state index is 0.102. The van der Waals surface area contributed by atoms with Crippen LogP contribution in [-0.4, -0.2) is 39.9 Å². The monoisotopic (exact) mass is 289 g/mol. The lowest BCUT2D eigenvalue weighted by molar-refractivity contribution is 0.0833. The van der Waals surface area contributed by atoms with Crippen molar-refractivity contribution in [2.24, 2.45) is 0 Å². The van der Waals surface area contributed by atoms with E-state index in [4.69, 9.17) is 9.26 Å². The lowest BCUT2D eigenvalue weighted by Crippen LogP contribution is -2.40. The fraction of sp³-hybridized carbons (Fsp3) is 0.571. The molecule has 0 amide bonds. The van der Waals surface area contributed by atoms with E-state index in [1.165, 1.54) is 0 Å². The average Bonchev–Trinajstić information content (AvgIpc) is 2.94. The lowest BCUT2D eigenvalue weighted by Gasteiger charge is -2.34. The summed E-state index contributed by atoms with van der Waals surface area (Å²) in [5, 5.41) is 3.86. The molecule has 3 rings (SSSR count). The molecule has 0 bridgehead atoms. The Morgan fingerprint density at radius 2 is 2.19 bits per heavy atom. The predicted octanol–water partition coefficient (Wildman–Crippen LogP) is 1.87. The molecular formula is C14H19N5O2. The number of nitrogens with zero attached hydrogens (tertiary/aromatic N) is 5. The first-order valence-corrected chi connectivity index (χ1v) is 7.12. The van der Waals surface area contributed by atoms with E-state index < -0.39 is 0 Å². The minimum atomic E-state index is -0.102. The second-order valence-electron chi connectivity index (χ2n) is 5.39. The zero-order valence-corrected chi connectivity index (χ0v) is 12.5. The smallest absolute Gasteiger partial charge is 0.251 e. The van der Waals surface area contributed by atoms with Gasteiger partial charge in [-0.2, -0.15) is 4.98 Å². The number of aromatic nitrogens is 4. The topological polar surface area (TPSA) is 77.2 Å². The van der Waals surface area contributed by atoms with Gasteiger partial charge in [0.2, 0.25) is 0 Å². The van der Waals surface area contributed by atoms with Crippen molar-refractivity contribution in [2.75, 3.05) is 24.7 Å². The van der Waals surface area contributed by atoms with E-state index in [2.05, 4.69) is 38.9 Å². The quantitative estimate of drug-likeness (QED) is 0.853. The highest BCUT2D eigenvalue weighted by atomic mass is 16.5. The summed E-state index contributed by atoms with van der Waals surface area (Å²) in [6, 6.07) is 1.81. The summed E-state index contributed by atoms with van der Waals surface area (Å²) >= 11 is 0. The van der Waals surface area contributed by atoms with E-state index >= 15 is 0 Å². The zero-order chi connectivity index (χ0) is 14.8. The number of rotatable bonds is 3. The summed E-state index contributed by atoms with van der Waals surface area (Å²) < 4.78 is 10.9. The van der Waals surface area contributed by atoms with Gasteiger partial charge in [0.05, 0.1) is 13.2 Å². The maximum Gasteiger partial charge on any atom is 0.251 e. The summed E-state index contributed by atoms with van der Waals surface area (Å²) in [6.07, 6.45) is 1.79. The van der Waals surface area contributed by atoms with E-state index in [1.807, 2.05) is 13.0 Å². The number of anilines is 1. The van der Waals surface area contributed by atoms with Crippen LogP contribution in [0, 0.1) is 6.92 Å². The van der Waals surface area contributed by atoms with Crippen LogP contribution in [0.4, 0.5) is 5.82 Å². The number of morpholine rings is 1. The maximum atomic E-state index is 5.56. The first kappa shape index (κ1) is 13.9. The highest BCUT2D eigenvalue weighted by molar-refractivity contribution is 5.40. The second kappa shape index (κ2) is 5.77. The molecule has 1 aliphatic rings. The number of hydrogen-bond acceptors (Lipinski definition) is 7. The molecule has 0 aromatic carbocycles. The Kier molecular flexibility index (Phi) is 3.83. The first-order chi connectivity index (χ1) is 10.1. The third-order valence-corrected chi connectivity index (χ3v) is 3.43. The number of ether oxygens (including phenoxy) is 1. The van der Waals surface area contributed by atoms with Crippen LogP contribution in [0.2, 0.25) is 0 Å². The van der Waals surface area contributed by atoms with Crippen LogP contribution in [0.3, 0.4) is 0 Å². The van der Waals surface area contributed by atoms with Crippen molar-refractivity contribution in [3.63, 3.8) is 0 Å². The van der Waals surface area contributed by atoms with Crippen molar-refractivity contribution in [3.8, 4) is 0 Å². The van der Waals surface area contributed by atoms with Crippen molar-refractivity contribution in [2.45, 2.75) is 32.7 Å². The van der Waals surface area contributed by atoms with Crippen LogP contribution in [-0.2, 0) is 4.74 Å². The van der Waals surface area contributed by atoms with E-state index in [1.54, 1.807) is 6.20 Å². The molecule has 0 unspecified atom stereocenters. The van der Waals surface area contributed by atoms with E-state index in [-0.39, 0.29) is 12.0 Å². The molecule has 3 heterocycles. The van der Waals surface area contributed by atoms with Gasteiger partial charge in [-0.15, -0.1) is 0 Å². The molecular weight excluding hydrogens is 270 g/mol. The molecule has 7 nitrogen and oxygen atoms in total. The molecule has 1 fully saturated rings.